The smallest absolute Gasteiger partial charge is 0.413 e. The quantitative estimate of drug-likeness (QED) is 0.364. The Kier molecular flexibility index (Phi) is 6.40. The van der Waals surface area contributed by atoms with Gasteiger partial charge in [0, 0.05) is 45.4 Å². The number of nitrogens with zero attached hydrogens (tertiary/aromatic N) is 7. The summed E-state index contributed by atoms with van der Waals surface area (Å²) in [7, 11) is 3.54. The number of nitrogens with one attached hydrogen (secondary N) is 2. The van der Waals surface area contributed by atoms with Gasteiger partial charge in [-0.3, -0.25) is 14.8 Å². The molecule has 1 fully saturated rings. The molecule has 0 saturated carbocycles. The second-order valence-corrected chi connectivity index (χ2v) is 9.47. The minimum absolute atomic E-state index is 0.0897. The summed E-state index contributed by atoms with van der Waals surface area (Å²) in [5, 5.41) is 10.5. The molecule has 15 heteroatoms. The zero-order valence-corrected chi connectivity index (χ0v) is 21.8. The maximum Gasteiger partial charge on any atom is 0.413 e. The number of anilines is 3. The third-order valence-electron chi connectivity index (χ3n) is 6.39. The molecule has 0 aromatic carbocycles. The highest BCUT2D eigenvalue weighted by Gasteiger charge is 2.25. The zero-order valence-electron chi connectivity index (χ0n) is 21.0. The third kappa shape index (κ3) is 4.91. The standard InChI is InChI=1S/C24H24ClN9O5/c1-32-6-7-34-15(22(32)35)10-18(31-34)28-23-30-21-20(33(23)2)19(25)16(11-27-21)38-13-3-5-26-17(9-13)29-24(36)39-14-4-8-37-12-14/h3,5,9-11,14H,4,6-8,12H2,1-2H3,(H,26,29,36)(H,27,28,30,31). The number of aromatic nitrogens is 6. The molecule has 4 aromatic rings. The van der Waals surface area contributed by atoms with Gasteiger partial charge in [0.05, 0.1) is 26.0 Å². The van der Waals surface area contributed by atoms with E-state index in [1.165, 1.54) is 12.4 Å². The number of ether oxygens (including phenoxy) is 3. The van der Waals surface area contributed by atoms with Gasteiger partial charge in [-0.1, -0.05) is 11.6 Å². The zero-order chi connectivity index (χ0) is 27.1. The Hall–Kier alpha value is -4.43. The number of halogens is 1. The average molecular weight is 554 g/mol. The molecule has 2 aliphatic rings. The maximum absolute atomic E-state index is 12.4. The van der Waals surface area contributed by atoms with E-state index in [1.54, 1.807) is 46.4 Å². The van der Waals surface area contributed by atoms with Crippen molar-refractivity contribution < 1.29 is 23.8 Å². The fourth-order valence-corrected chi connectivity index (χ4v) is 4.63. The molecule has 6 heterocycles. The number of fused-ring (bicyclic) bond motifs is 2. The maximum atomic E-state index is 12.4. The number of carbonyl (C=O) groups is 2. The van der Waals surface area contributed by atoms with E-state index in [-0.39, 0.29) is 28.6 Å². The van der Waals surface area contributed by atoms with Crippen molar-refractivity contribution in [3.8, 4) is 11.5 Å². The van der Waals surface area contributed by atoms with E-state index in [0.717, 1.165) is 0 Å². The molecule has 2 aliphatic heterocycles. The summed E-state index contributed by atoms with van der Waals surface area (Å²) in [4.78, 5) is 39.3. The SMILES string of the molecule is CN1CCn2nc(Nc3nc4ncc(Oc5ccnc(NC(=O)OC6CCOC6)c5)c(Cl)c4n3C)cc2C1=O. The predicted octanol–water partition coefficient (Wildman–Crippen LogP) is 3.17. The normalized spacial score (nSPS) is 16.8. The summed E-state index contributed by atoms with van der Waals surface area (Å²) >= 11 is 6.71. The molecule has 14 nitrogen and oxygen atoms in total. The molecule has 0 spiro atoms. The number of likely N-dealkylation sites (N-methyl/N-ethyl adjacent to an activating group) is 1. The molecule has 4 aromatic heterocycles. The Morgan fingerprint density at radius 2 is 2.08 bits per heavy atom. The van der Waals surface area contributed by atoms with Crippen LogP contribution in [0.1, 0.15) is 16.9 Å². The van der Waals surface area contributed by atoms with E-state index >= 15 is 0 Å². The molecular formula is C24H24ClN9O5. The van der Waals surface area contributed by atoms with Gasteiger partial charge >= 0.3 is 6.09 Å². The van der Waals surface area contributed by atoms with Gasteiger partial charge in [0.15, 0.2) is 17.2 Å². The van der Waals surface area contributed by atoms with Crippen molar-refractivity contribution in [3.05, 3.63) is 41.3 Å². The van der Waals surface area contributed by atoms with Crippen molar-refractivity contribution >= 4 is 52.3 Å². The Labute approximate surface area is 226 Å². The van der Waals surface area contributed by atoms with Gasteiger partial charge in [0.2, 0.25) is 5.95 Å². The topological polar surface area (TPSA) is 151 Å². The lowest BCUT2D eigenvalue weighted by molar-refractivity contribution is 0.0742. The number of hydrogen-bond acceptors (Lipinski definition) is 10. The second kappa shape index (κ2) is 10.0. The van der Waals surface area contributed by atoms with E-state index in [1.807, 2.05) is 0 Å². The summed E-state index contributed by atoms with van der Waals surface area (Å²) in [6.07, 6.45) is 2.71. The molecule has 2 N–H and O–H groups in total. The Morgan fingerprint density at radius 3 is 2.90 bits per heavy atom. The summed E-state index contributed by atoms with van der Waals surface area (Å²) in [5.74, 6) is 1.75. The highest BCUT2D eigenvalue weighted by atomic mass is 35.5. The van der Waals surface area contributed by atoms with E-state index in [0.29, 0.717) is 67.1 Å². The van der Waals surface area contributed by atoms with E-state index in [4.69, 9.17) is 25.8 Å². The summed E-state index contributed by atoms with van der Waals surface area (Å²) in [5.41, 5.74) is 1.43. The number of rotatable bonds is 6. The number of hydrogen-bond donors (Lipinski definition) is 2. The number of carbonyl (C=O) groups excluding carboxylic acids is 2. The van der Waals surface area contributed by atoms with Crippen molar-refractivity contribution in [2.75, 3.05) is 37.4 Å². The van der Waals surface area contributed by atoms with Crippen molar-refractivity contribution in [2.24, 2.45) is 7.05 Å². The van der Waals surface area contributed by atoms with Crippen LogP contribution in [0.25, 0.3) is 11.2 Å². The highest BCUT2D eigenvalue weighted by molar-refractivity contribution is 6.36. The molecule has 0 aliphatic carbocycles. The first-order chi connectivity index (χ1) is 18.9. The fraction of sp³-hybridized carbons (Fsp3) is 0.333. The van der Waals surface area contributed by atoms with Gasteiger partial charge in [-0.05, 0) is 6.07 Å². The van der Waals surface area contributed by atoms with Crippen LogP contribution in [0.5, 0.6) is 11.5 Å². The summed E-state index contributed by atoms with van der Waals surface area (Å²) in [6, 6.07) is 4.85. The lowest BCUT2D eigenvalue weighted by Crippen LogP contribution is -2.37. The van der Waals surface area contributed by atoms with Crippen molar-refractivity contribution in [2.45, 2.75) is 19.1 Å². The lowest BCUT2D eigenvalue weighted by atomic mass is 10.3. The number of aryl methyl sites for hydroxylation is 1. The Bertz CT molecular complexity index is 1580. The van der Waals surface area contributed by atoms with Crippen LogP contribution >= 0.6 is 11.6 Å². The molecule has 39 heavy (non-hydrogen) atoms. The molecule has 0 radical (unpaired) electrons. The summed E-state index contributed by atoms with van der Waals surface area (Å²) < 4.78 is 19.9. The van der Waals surface area contributed by atoms with Crippen LogP contribution in [0.3, 0.4) is 0 Å². The van der Waals surface area contributed by atoms with Gasteiger partial charge in [-0.15, -0.1) is 0 Å². The van der Waals surface area contributed by atoms with Gasteiger partial charge in [-0.25, -0.2) is 14.8 Å². The minimum atomic E-state index is -0.624. The van der Waals surface area contributed by atoms with Crippen molar-refractivity contribution in [1.29, 1.82) is 0 Å². The molecule has 1 saturated heterocycles. The highest BCUT2D eigenvalue weighted by Crippen LogP contribution is 2.36. The molecule has 202 valence electrons. The van der Waals surface area contributed by atoms with Gasteiger partial charge in [-0.2, -0.15) is 10.1 Å². The van der Waals surface area contributed by atoms with Crippen molar-refractivity contribution in [3.63, 3.8) is 0 Å². The van der Waals surface area contributed by atoms with E-state index in [2.05, 4.69) is 30.7 Å². The lowest BCUT2D eigenvalue weighted by Gasteiger charge is -2.22. The second-order valence-electron chi connectivity index (χ2n) is 9.09. The van der Waals surface area contributed by atoms with Crippen LogP contribution in [0.4, 0.5) is 22.4 Å². The fourth-order valence-electron chi connectivity index (χ4n) is 4.33. The van der Waals surface area contributed by atoms with Gasteiger partial charge in [0.1, 0.15) is 33.9 Å². The van der Waals surface area contributed by atoms with Crippen LogP contribution in [-0.2, 0) is 23.1 Å². The van der Waals surface area contributed by atoms with Crippen LogP contribution in [0.2, 0.25) is 5.02 Å². The van der Waals surface area contributed by atoms with Crippen LogP contribution in [0.15, 0.2) is 30.6 Å². The van der Waals surface area contributed by atoms with Crippen molar-refractivity contribution in [1.82, 2.24) is 34.2 Å². The first-order valence-corrected chi connectivity index (χ1v) is 12.5. The van der Waals surface area contributed by atoms with Gasteiger partial charge in [0.25, 0.3) is 5.91 Å². The third-order valence-corrected chi connectivity index (χ3v) is 6.75. The van der Waals surface area contributed by atoms with Crippen LogP contribution < -0.4 is 15.4 Å². The predicted molar refractivity (Wildman–Crippen MR) is 140 cm³/mol. The molecule has 2 amide bonds. The molecule has 6 rings (SSSR count). The average Bonchev–Trinajstić information content (AvgIpc) is 3.64. The van der Waals surface area contributed by atoms with Crippen LogP contribution in [-0.4, -0.2) is 79.1 Å². The van der Waals surface area contributed by atoms with E-state index in [9.17, 15) is 9.59 Å². The monoisotopic (exact) mass is 553 g/mol. The number of imidazole rings is 1. The van der Waals surface area contributed by atoms with E-state index < -0.39 is 6.09 Å². The summed E-state index contributed by atoms with van der Waals surface area (Å²) in [6.45, 7) is 2.15. The van der Waals surface area contributed by atoms with Gasteiger partial charge < -0.3 is 29.0 Å². The number of amides is 2. The molecule has 1 atom stereocenters. The molecule has 0 bridgehead atoms. The molecule has 1 unspecified atom stereocenters. The minimum Gasteiger partial charge on any atom is -0.454 e. The Morgan fingerprint density at radius 1 is 1.21 bits per heavy atom. The molecular weight excluding hydrogens is 530 g/mol. The largest absolute Gasteiger partial charge is 0.454 e. The first kappa shape index (κ1) is 24.9. The van der Waals surface area contributed by atoms with Crippen LogP contribution in [0, 0.1) is 0 Å². The Balaban J connectivity index is 1.19. The first-order valence-electron chi connectivity index (χ1n) is 12.2. The number of pyridine rings is 2.